The van der Waals surface area contributed by atoms with Crippen LogP contribution in [0.4, 0.5) is 0 Å². The minimum Gasteiger partial charge on any atom is -0.481 e. The quantitative estimate of drug-likeness (QED) is 0.477. The minimum atomic E-state index is -0.828. The number of carbonyl (C=O) groups is 1. The molecule has 1 aliphatic carbocycles. The van der Waals surface area contributed by atoms with Crippen molar-refractivity contribution in [3.63, 3.8) is 0 Å². The van der Waals surface area contributed by atoms with Gasteiger partial charge in [0.1, 0.15) is 6.23 Å². The Hall–Kier alpha value is -2.21. The van der Waals surface area contributed by atoms with Gasteiger partial charge in [0.25, 0.3) is 0 Å². The average Bonchev–Trinajstić information content (AvgIpc) is 3.44. The Labute approximate surface area is 210 Å². The molecule has 0 spiro atoms. The predicted molar refractivity (Wildman–Crippen MR) is 138 cm³/mol. The summed E-state index contributed by atoms with van der Waals surface area (Å²) in [7, 11) is 0. The Balaban J connectivity index is 1.37. The molecule has 190 valence electrons. The molecule has 2 aromatic carbocycles. The van der Waals surface area contributed by atoms with Crippen molar-refractivity contribution in [3.05, 3.63) is 70.8 Å². The van der Waals surface area contributed by atoms with Gasteiger partial charge < -0.3 is 14.6 Å². The molecule has 5 heteroatoms. The lowest BCUT2D eigenvalue weighted by Gasteiger charge is -2.40. The molecule has 1 fully saturated rings. The van der Waals surface area contributed by atoms with Gasteiger partial charge in [0, 0.05) is 12.1 Å². The van der Waals surface area contributed by atoms with Gasteiger partial charge in [-0.3, -0.25) is 9.69 Å². The second kappa shape index (κ2) is 10.4. The Morgan fingerprint density at radius 3 is 2.37 bits per heavy atom. The highest BCUT2D eigenvalue weighted by Crippen LogP contribution is 2.36. The van der Waals surface area contributed by atoms with Gasteiger partial charge in [-0.15, -0.1) is 0 Å². The summed E-state index contributed by atoms with van der Waals surface area (Å²) in [5.41, 5.74) is 4.27. The molecule has 35 heavy (non-hydrogen) atoms. The van der Waals surface area contributed by atoms with Gasteiger partial charge in [0.15, 0.2) is 0 Å². The summed E-state index contributed by atoms with van der Waals surface area (Å²) in [4.78, 5) is 14.1. The first-order valence-corrected chi connectivity index (χ1v) is 12.9. The second-order valence-corrected chi connectivity index (χ2v) is 11.6. The first-order valence-electron chi connectivity index (χ1n) is 12.9. The predicted octanol–water partition coefficient (Wildman–Crippen LogP) is 5.66. The topological polar surface area (TPSA) is 59.0 Å². The molecule has 4 rings (SSSR count). The van der Waals surface area contributed by atoms with Crippen LogP contribution in [0.15, 0.2) is 48.5 Å². The van der Waals surface area contributed by atoms with Gasteiger partial charge in [-0.1, -0.05) is 48.5 Å². The molecule has 5 nitrogen and oxygen atoms in total. The Morgan fingerprint density at radius 2 is 1.71 bits per heavy atom. The van der Waals surface area contributed by atoms with E-state index in [4.69, 9.17) is 9.47 Å². The zero-order chi connectivity index (χ0) is 25.2. The van der Waals surface area contributed by atoms with E-state index in [2.05, 4.69) is 43.0 Å². The van der Waals surface area contributed by atoms with E-state index in [0.717, 1.165) is 43.5 Å². The number of aliphatic carboxylic acids is 1. The third-order valence-corrected chi connectivity index (χ3v) is 7.88. The van der Waals surface area contributed by atoms with Crippen molar-refractivity contribution in [3.8, 4) is 0 Å². The molecule has 1 saturated heterocycles. The smallest absolute Gasteiger partial charge is 0.309 e. The molecule has 2 aromatic rings. The van der Waals surface area contributed by atoms with Gasteiger partial charge in [0.05, 0.1) is 24.7 Å². The van der Waals surface area contributed by atoms with E-state index in [0.29, 0.717) is 18.9 Å². The summed E-state index contributed by atoms with van der Waals surface area (Å²) in [6.07, 6.45) is 3.71. The number of ether oxygens (including phenoxy) is 2. The van der Waals surface area contributed by atoms with Crippen LogP contribution in [0.1, 0.15) is 69.4 Å². The number of carboxylic acid groups (broad SMARTS) is 1. The third-order valence-electron chi connectivity index (χ3n) is 7.88. The number of hydrogen-bond donors (Lipinski definition) is 1. The lowest BCUT2D eigenvalue weighted by Crippen LogP contribution is -2.50. The summed E-state index contributed by atoms with van der Waals surface area (Å²) in [5, 5.41) is 9.58. The molecular formula is C30H41NO4. The molecule has 2 aliphatic rings. The van der Waals surface area contributed by atoms with Crippen molar-refractivity contribution in [2.24, 2.45) is 11.3 Å². The van der Waals surface area contributed by atoms with Crippen molar-refractivity contribution in [2.45, 2.75) is 78.2 Å². The zero-order valence-electron chi connectivity index (χ0n) is 21.9. The molecule has 1 unspecified atom stereocenters. The Bertz CT molecular complexity index is 1010. The van der Waals surface area contributed by atoms with Crippen LogP contribution >= 0.6 is 0 Å². The standard InChI is InChI=1S/C30H41NO4/c1-21(26-13-9-8-12-25(26)19-29(2,3)28(32)33)35-20-27-31(14-15-34-27)30(4,5)18-22-16-23-10-6-7-11-24(23)17-22/h6-13,21-22,27H,14-20H2,1-5H3,(H,32,33)/t21-,27?/m1/s1. The maximum Gasteiger partial charge on any atom is 0.309 e. The average molecular weight is 480 g/mol. The first-order chi connectivity index (χ1) is 16.6. The fraction of sp³-hybridized carbons (Fsp3) is 0.567. The van der Waals surface area contributed by atoms with Gasteiger partial charge >= 0.3 is 5.97 Å². The SMILES string of the molecule is C[C@@H](OCC1OCCN1C(C)(C)CC1Cc2ccccc2C1)c1ccccc1CC(C)(C)C(=O)O. The monoisotopic (exact) mass is 479 g/mol. The summed E-state index contributed by atoms with van der Waals surface area (Å²) in [5.74, 6) is -0.128. The van der Waals surface area contributed by atoms with Crippen LogP contribution in [0.3, 0.4) is 0 Å². The van der Waals surface area contributed by atoms with Crippen molar-refractivity contribution < 1.29 is 19.4 Å². The molecule has 0 bridgehead atoms. The molecule has 0 aromatic heterocycles. The highest BCUT2D eigenvalue weighted by atomic mass is 16.6. The first kappa shape index (κ1) is 25.9. The van der Waals surface area contributed by atoms with Crippen LogP contribution in [0.5, 0.6) is 0 Å². The lowest BCUT2D eigenvalue weighted by molar-refractivity contribution is -0.146. The van der Waals surface area contributed by atoms with Gasteiger partial charge in [-0.2, -0.15) is 0 Å². The lowest BCUT2D eigenvalue weighted by atomic mass is 9.83. The van der Waals surface area contributed by atoms with Crippen LogP contribution in [0, 0.1) is 11.3 Å². The largest absolute Gasteiger partial charge is 0.481 e. The number of rotatable bonds is 10. The van der Waals surface area contributed by atoms with Crippen LogP contribution in [-0.4, -0.2) is 47.5 Å². The molecular weight excluding hydrogens is 438 g/mol. The van der Waals surface area contributed by atoms with E-state index in [9.17, 15) is 9.90 Å². The fourth-order valence-electron chi connectivity index (χ4n) is 5.93. The van der Waals surface area contributed by atoms with Crippen LogP contribution in [-0.2, 0) is 33.5 Å². The number of hydrogen-bond acceptors (Lipinski definition) is 4. The van der Waals surface area contributed by atoms with E-state index in [1.165, 1.54) is 11.1 Å². The van der Waals surface area contributed by atoms with E-state index >= 15 is 0 Å². The van der Waals surface area contributed by atoms with Gasteiger partial charge in [-0.05, 0) is 88.5 Å². The van der Waals surface area contributed by atoms with Crippen molar-refractivity contribution in [1.82, 2.24) is 4.90 Å². The van der Waals surface area contributed by atoms with Crippen LogP contribution < -0.4 is 0 Å². The number of nitrogens with zero attached hydrogens (tertiary/aromatic N) is 1. The number of benzene rings is 2. The summed E-state index contributed by atoms with van der Waals surface area (Å²) in [6, 6.07) is 16.9. The minimum absolute atomic E-state index is 0.0178. The van der Waals surface area contributed by atoms with Gasteiger partial charge in [-0.25, -0.2) is 0 Å². The molecule has 0 amide bonds. The third kappa shape index (κ3) is 5.96. The van der Waals surface area contributed by atoms with E-state index in [-0.39, 0.29) is 17.9 Å². The second-order valence-electron chi connectivity index (χ2n) is 11.6. The number of carboxylic acids is 1. The Kier molecular flexibility index (Phi) is 7.70. The summed E-state index contributed by atoms with van der Waals surface area (Å²) < 4.78 is 12.5. The van der Waals surface area contributed by atoms with E-state index in [1.54, 1.807) is 13.8 Å². The summed E-state index contributed by atoms with van der Waals surface area (Å²) >= 11 is 0. The zero-order valence-corrected chi connectivity index (χ0v) is 21.9. The van der Waals surface area contributed by atoms with E-state index in [1.807, 2.05) is 31.2 Å². The van der Waals surface area contributed by atoms with Crippen molar-refractivity contribution in [1.29, 1.82) is 0 Å². The molecule has 0 radical (unpaired) electrons. The highest BCUT2D eigenvalue weighted by Gasteiger charge is 2.39. The van der Waals surface area contributed by atoms with Crippen LogP contribution in [0.25, 0.3) is 0 Å². The maximum atomic E-state index is 11.7. The highest BCUT2D eigenvalue weighted by molar-refractivity contribution is 5.74. The normalized spacial score (nSPS) is 20.2. The Morgan fingerprint density at radius 1 is 1.09 bits per heavy atom. The molecule has 1 N–H and O–H groups in total. The molecule has 1 heterocycles. The molecule has 0 saturated carbocycles. The molecule has 2 atom stereocenters. The maximum absolute atomic E-state index is 11.7. The van der Waals surface area contributed by atoms with Gasteiger partial charge in [0.2, 0.25) is 0 Å². The van der Waals surface area contributed by atoms with Crippen molar-refractivity contribution in [2.75, 3.05) is 19.8 Å². The van der Waals surface area contributed by atoms with Crippen LogP contribution in [0.2, 0.25) is 0 Å². The summed E-state index contributed by atoms with van der Waals surface area (Å²) in [6.45, 7) is 12.4. The molecule has 1 aliphatic heterocycles. The van der Waals surface area contributed by atoms with Crippen molar-refractivity contribution >= 4 is 5.97 Å². The fourth-order valence-corrected chi connectivity index (χ4v) is 5.93. The van der Waals surface area contributed by atoms with E-state index < -0.39 is 11.4 Å². The number of fused-ring (bicyclic) bond motifs is 1.